The van der Waals surface area contributed by atoms with Crippen LogP contribution in [0.5, 0.6) is 0 Å². The van der Waals surface area contributed by atoms with Crippen LogP contribution in [0.4, 0.5) is 0 Å². The maximum Gasteiger partial charge on any atom is 0.0343 e. The van der Waals surface area contributed by atoms with Crippen LogP contribution in [0.3, 0.4) is 0 Å². The first-order valence-electron chi connectivity index (χ1n) is 10.9. The third-order valence-electron chi connectivity index (χ3n) is 9.13. The quantitative estimate of drug-likeness (QED) is 0.673. The van der Waals surface area contributed by atoms with Gasteiger partial charge in [0.1, 0.15) is 0 Å². The van der Waals surface area contributed by atoms with Gasteiger partial charge in [-0.05, 0) is 104 Å². The van der Waals surface area contributed by atoms with Crippen molar-refractivity contribution in [1.82, 2.24) is 9.88 Å². The fourth-order valence-corrected chi connectivity index (χ4v) is 7.91. The number of pyridine rings is 1. The summed E-state index contributed by atoms with van der Waals surface area (Å²) < 4.78 is 0. The molecule has 1 aromatic heterocycles. The van der Waals surface area contributed by atoms with Crippen LogP contribution in [0.25, 0.3) is 5.57 Å². The van der Waals surface area contributed by atoms with Gasteiger partial charge in [-0.3, -0.25) is 4.98 Å². The maximum absolute atomic E-state index is 4.41. The van der Waals surface area contributed by atoms with Gasteiger partial charge in [0.2, 0.25) is 0 Å². The monoisotopic (exact) mass is 350 g/mol. The summed E-state index contributed by atoms with van der Waals surface area (Å²) in [5, 5.41) is 0. The lowest BCUT2D eigenvalue weighted by Crippen LogP contribution is -2.59. The molecular formula is C24H34N2. The Kier molecular flexibility index (Phi) is 3.87. The van der Waals surface area contributed by atoms with Gasteiger partial charge < -0.3 is 4.90 Å². The molecule has 1 aromatic rings. The normalized spacial score (nSPS) is 45.4. The Morgan fingerprint density at radius 1 is 1.12 bits per heavy atom. The standard InChI is InChI=1S/C24H34N2/c1-23-13-11-21-18(7-10-22-24(21,2)12-5-15-26(22)3)20(23)9-8-19(23)17-6-4-14-25-16-17/h4,6,8,14,16,18,20-22H,5,7,9-13,15H2,1-3H3. The predicted octanol–water partition coefficient (Wildman–Crippen LogP) is 5.41. The van der Waals surface area contributed by atoms with E-state index < -0.39 is 0 Å². The summed E-state index contributed by atoms with van der Waals surface area (Å²) in [4.78, 5) is 7.10. The molecule has 5 rings (SSSR count). The van der Waals surface area contributed by atoms with Gasteiger partial charge in [0, 0.05) is 18.4 Å². The van der Waals surface area contributed by atoms with E-state index in [1.165, 1.54) is 57.1 Å². The van der Waals surface area contributed by atoms with E-state index in [4.69, 9.17) is 0 Å². The highest BCUT2D eigenvalue weighted by Gasteiger charge is 2.58. The van der Waals surface area contributed by atoms with E-state index in [1.807, 2.05) is 6.20 Å². The van der Waals surface area contributed by atoms with Crippen molar-refractivity contribution >= 4 is 5.57 Å². The highest BCUT2D eigenvalue weighted by atomic mass is 15.2. The van der Waals surface area contributed by atoms with Crippen molar-refractivity contribution < 1.29 is 0 Å². The van der Waals surface area contributed by atoms with Crippen molar-refractivity contribution in [2.45, 2.75) is 64.8 Å². The molecule has 6 atom stereocenters. The van der Waals surface area contributed by atoms with Crippen molar-refractivity contribution in [3.05, 3.63) is 36.2 Å². The lowest BCUT2D eigenvalue weighted by atomic mass is 9.46. The zero-order valence-corrected chi connectivity index (χ0v) is 16.7. The second kappa shape index (κ2) is 5.92. The summed E-state index contributed by atoms with van der Waals surface area (Å²) in [6.45, 7) is 6.53. The molecule has 2 nitrogen and oxygen atoms in total. The van der Waals surface area contributed by atoms with E-state index in [1.54, 1.807) is 5.57 Å². The molecule has 2 heterocycles. The van der Waals surface area contributed by atoms with Crippen LogP contribution in [0, 0.1) is 28.6 Å². The van der Waals surface area contributed by atoms with Crippen LogP contribution in [0.15, 0.2) is 30.6 Å². The first-order valence-corrected chi connectivity index (χ1v) is 10.9. The number of fused-ring (bicyclic) bond motifs is 5. The second-order valence-corrected chi connectivity index (χ2v) is 10.1. The molecule has 3 aliphatic carbocycles. The van der Waals surface area contributed by atoms with Gasteiger partial charge >= 0.3 is 0 Å². The van der Waals surface area contributed by atoms with Crippen LogP contribution < -0.4 is 0 Å². The Labute approximate surface area is 159 Å². The SMILES string of the molecule is CN1CCCC2(C)C3CCC4(C)C(c5cccnc5)=CCC4C3CCC12. The van der Waals surface area contributed by atoms with Gasteiger partial charge in [-0.25, -0.2) is 0 Å². The number of hydrogen-bond acceptors (Lipinski definition) is 2. The number of nitrogens with zero attached hydrogens (tertiary/aromatic N) is 2. The first kappa shape index (κ1) is 17.0. The Morgan fingerprint density at radius 2 is 2.00 bits per heavy atom. The summed E-state index contributed by atoms with van der Waals surface area (Å²) in [5.74, 6) is 2.71. The molecule has 3 fully saturated rings. The van der Waals surface area contributed by atoms with Crippen LogP contribution >= 0.6 is 0 Å². The number of allylic oxidation sites excluding steroid dienone is 2. The fourth-order valence-electron chi connectivity index (χ4n) is 7.91. The molecule has 4 aliphatic rings. The minimum Gasteiger partial charge on any atom is -0.303 e. The zero-order valence-electron chi connectivity index (χ0n) is 16.7. The number of likely N-dealkylation sites (tertiary alicyclic amines) is 1. The first-order chi connectivity index (χ1) is 12.5. The van der Waals surface area contributed by atoms with Crippen molar-refractivity contribution in [1.29, 1.82) is 0 Å². The molecule has 2 saturated carbocycles. The predicted molar refractivity (Wildman–Crippen MR) is 108 cm³/mol. The van der Waals surface area contributed by atoms with Crippen LogP contribution in [-0.4, -0.2) is 29.5 Å². The lowest BCUT2D eigenvalue weighted by molar-refractivity contribution is -0.110. The molecule has 1 saturated heterocycles. The third kappa shape index (κ3) is 2.24. The van der Waals surface area contributed by atoms with Gasteiger partial charge in [-0.2, -0.15) is 0 Å². The molecule has 6 unspecified atom stereocenters. The summed E-state index contributed by atoms with van der Waals surface area (Å²) in [6, 6.07) is 5.20. The van der Waals surface area contributed by atoms with Crippen molar-refractivity contribution in [3.63, 3.8) is 0 Å². The molecule has 0 amide bonds. The summed E-state index contributed by atoms with van der Waals surface area (Å²) in [5.41, 5.74) is 3.89. The van der Waals surface area contributed by atoms with Crippen LogP contribution in [0.2, 0.25) is 0 Å². The Morgan fingerprint density at radius 3 is 2.81 bits per heavy atom. The van der Waals surface area contributed by atoms with Gasteiger partial charge in [-0.1, -0.05) is 26.0 Å². The number of hydrogen-bond donors (Lipinski definition) is 0. The minimum atomic E-state index is 0.369. The molecule has 140 valence electrons. The summed E-state index contributed by atoms with van der Waals surface area (Å²) >= 11 is 0. The topological polar surface area (TPSA) is 16.1 Å². The summed E-state index contributed by atoms with van der Waals surface area (Å²) in [6.07, 6.45) is 16.4. The largest absolute Gasteiger partial charge is 0.303 e. The fraction of sp³-hybridized carbons (Fsp3) is 0.708. The van der Waals surface area contributed by atoms with Crippen LogP contribution in [0.1, 0.15) is 64.4 Å². The lowest BCUT2D eigenvalue weighted by Gasteiger charge is -2.62. The summed E-state index contributed by atoms with van der Waals surface area (Å²) in [7, 11) is 2.38. The molecule has 26 heavy (non-hydrogen) atoms. The average molecular weight is 351 g/mol. The van der Waals surface area contributed by atoms with E-state index in [9.17, 15) is 0 Å². The second-order valence-electron chi connectivity index (χ2n) is 10.1. The Bertz CT molecular complexity index is 710. The smallest absolute Gasteiger partial charge is 0.0343 e. The molecule has 0 radical (unpaired) electrons. The maximum atomic E-state index is 4.41. The molecule has 1 aliphatic heterocycles. The van der Waals surface area contributed by atoms with E-state index in [0.29, 0.717) is 10.8 Å². The third-order valence-corrected chi connectivity index (χ3v) is 9.13. The highest BCUT2D eigenvalue weighted by molar-refractivity contribution is 5.72. The average Bonchev–Trinajstić information content (AvgIpc) is 2.99. The number of rotatable bonds is 1. The Hall–Kier alpha value is -1.15. The minimum absolute atomic E-state index is 0.369. The van der Waals surface area contributed by atoms with Gasteiger partial charge in [0.05, 0.1) is 0 Å². The molecule has 0 N–H and O–H groups in total. The molecule has 0 aromatic carbocycles. The van der Waals surface area contributed by atoms with Crippen LogP contribution in [-0.2, 0) is 0 Å². The van der Waals surface area contributed by atoms with Crippen molar-refractivity contribution in [2.24, 2.45) is 28.6 Å². The molecule has 0 spiro atoms. The highest BCUT2D eigenvalue weighted by Crippen LogP contribution is 2.66. The molecule has 0 bridgehead atoms. The van der Waals surface area contributed by atoms with Gasteiger partial charge in [0.25, 0.3) is 0 Å². The van der Waals surface area contributed by atoms with E-state index in [2.05, 4.69) is 55.2 Å². The van der Waals surface area contributed by atoms with E-state index in [-0.39, 0.29) is 0 Å². The number of piperidine rings is 1. The van der Waals surface area contributed by atoms with Gasteiger partial charge in [-0.15, -0.1) is 0 Å². The van der Waals surface area contributed by atoms with E-state index in [0.717, 1.165) is 23.8 Å². The zero-order chi connectivity index (χ0) is 17.9. The molecular weight excluding hydrogens is 316 g/mol. The number of aromatic nitrogens is 1. The Balaban J connectivity index is 1.46. The van der Waals surface area contributed by atoms with Gasteiger partial charge in [0.15, 0.2) is 0 Å². The molecule has 2 heteroatoms. The van der Waals surface area contributed by atoms with Crippen molar-refractivity contribution in [3.8, 4) is 0 Å². The van der Waals surface area contributed by atoms with Crippen molar-refractivity contribution in [2.75, 3.05) is 13.6 Å². The van der Waals surface area contributed by atoms with E-state index >= 15 is 0 Å².